The number of hydrogen-bond acceptors (Lipinski definition) is 3. The molecule has 0 unspecified atom stereocenters. The van der Waals surface area contributed by atoms with Gasteiger partial charge in [0, 0.05) is 44.6 Å². The molecule has 1 fully saturated rings. The Labute approximate surface area is 110 Å². The molecule has 0 aromatic carbocycles. The maximum absolute atomic E-state index is 5.37. The molecule has 1 saturated heterocycles. The maximum atomic E-state index is 5.37. The molecule has 0 atom stereocenters. The van der Waals surface area contributed by atoms with Gasteiger partial charge >= 0.3 is 0 Å². The van der Waals surface area contributed by atoms with Crippen LogP contribution in [0.4, 0.5) is 0 Å². The topological polar surface area (TPSA) is 29.4 Å². The lowest BCUT2D eigenvalue weighted by Gasteiger charge is -2.27. The van der Waals surface area contributed by atoms with Gasteiger partial charge in [-0.15, -0.1) is 0 Å². The van der Waals surface area contributed by atoms with E-state index >= 15 is 0 Å². The van der Waals surface area contributed by atoms with Gasteiger partial charge in [0.25, 0.3) is 0 Å². The van der Waals surface area contributed by atoms with Crippen molar-refractivity contribution in [2.45, 2.75) is 26.4 Å². The first-order valence-corrected chi connectivity index (χ1v) is 7.05. The van der Waals surface area contributed by atoms with Crippen molar-refractivity contribution in [2.75, 3.05) is 39.4 Å². The molecule has 0 saturated carbocycles. The number of morpholine rings is 1. The summed E-state index contributed by atoms with van der Waals surface area (Å²) in [5.74, 6) is 0. The second-order valence-corrected chi connectivity index (χ2v) is 4.82. The molecule has 0 bridgehead atoms. The van der Waals surface area contributed by atoms with Crippen molar-refractivity contribution >= 4 is 0 Å². The van der Waals surface area contributed by atoms with Gasteiger partial charge in [0.05, 0.1) is 13.2 Å². The molecule has 1 N–H and O–H groups in total. The van der Waals surface area contributed by atoms with Gasteiger partial charge < -0.3 is 14.6 Å². The predicted molar refractivity (Wildman–Crippen MR) is 73.7 cm³/mol. The van der Waals surface area contributed by atoms with Crippen LogP contribution in [0.3, 0.4) is 0 Å². The molecule has 102 valence electrons. The Morgan fingerprint density at radius 3 is 2.89 bits per heavy atom. The zero-order valence-electron chi connectivity index (χ0n) is 11.4. The third-order valence-corrected chi connectivity index (χ3v) is 3.42. The van der Waals surface area contributed by atoms with Crippen molar-refractivity contribution in [2.24, 2.45) is 0 Å². The van der Waals surface area contributed by atoms with Gasteiger partial charge in [-0.05, 0) is 25.1 Å². The highest BCUT2D eigenvalue weighted by molar-refractivity contribution is 5.06. The molecule has 0 aliphatic carbocycles. The lowest BCUT2D eigenvalue weighted by atomic mass is 10.3. The number of ether oxygens (including phenoxy) is 1. The summed E-state index contributed by atoms with van der Waals surface area (Å²) < 4.78 is 7.73. The molecule has 0 amide bonds. The normalized spacial score (nSPS) is 17.2. The Morgan fingerprint density at radius 1 is 1.28 bits per heavy atom. The van der Waals surface area contributed by atoms with Gasteiger partial charge in [0.1, 0.15) is 0 Å². The van der Waals surface area contributed by atoms with Gasteiger partial charge in [0.15, 0.2) is 0 Å². The molecule has 18 heavy (non-hydrogen) atoms. The van der Waals surface area contributed by atoms with E-state index in [-0.39, 0.29) is 0 Å². The van der Waals surface area contributed by atoms with Crippen LogP contribution in [0.5, 0.6) is 0 Å². The van der Waals surface area contributed by atoms with Crippen molar-refractivity contribution in [3.63, 3.8) is 0 Å². The molecule has 1 aliphatic rings. The van der Waals surface area contributed by atoms with Crippen LogP contribution in [-0.4, -0.2) is 48.9 Å². The molecular formula is C14H25N3O. The Balaban J connectivity index is 1.75. The van der Waals surface area contributed by atoms with E-state index in [2.05, 4.69) is 40.0 Å². The number of rotatable bonds is 7. The summed E-state index contributed by atoms with van der Waals surface area (Å²) in [6, 6.07) is 4.35. The highest BCUT2D eigenvalue weighted by atomic mass is 16.5. The van der Waals surface area contributed by atoms with Gasteiger partial charge in [-0.1, -0.05) is 6.92 Å². The van der Waals surface area contributed by atoms with Crippen LogP contribution in [0, 0.1) is 0 Å². The van der Waals surface area contributed by atoms with Gasteiger partial charge in [-0.3, -0.25) is 4.90 Å². The predicted octanol–water partition coefficient (Wildman–Crippen LogP) is 1.32. The summed E-state index contributed by atoms with van der Waals surface area (Å²) in [4.78, 5) is 2.48. The summed E-state index contributed by atoms with van der Waals surface area (Å²) in [6.07, 6.45) is 3.37. The van der Waals surface area contributed by atoms with Crippen LogP contribution < -0.4 is 5.32 Å². The van der Waals surface area contributed by atoms with Crippen LogP contribution in [-0.2, 0) is 17.8 Å². The standard InChI is InChI=1S/C14H25N3O/c1-2-5-15-13-14-4-3-6-17(14)8-7-16-9-11-18-12-10-16/h3-4,6,15H,2,5,7-13H2,1H3. The third kappa shape index (κ3) is 4.12. The first-order chi connectivity index (χ1) is 8.90. The zero-order chi connectivity index (χ0) is 12.6. The van der Waals surface area contributed by atoms with E-state index in [1.165, 1.54) is 12.1 Å². The fraction of sp³-hybridized carbons (Fsp3) is 0.714. The van der Waals surface area contributed by atoms with Gasteiger partial charge in [0.2, 0.25) is 0 Å². The highest BCUT2D eigenvalue weighted by Gasteiger charge is 2.10. The van der Waals surface area contributed by atoms with E-state index in [0.717, 1.165) is 52.5 Å². The zero-order valence-corrected chi connectivity index (χ0v) is 11.4. The van der Waals surface area contributed by atoms with Gasteiger partial charge in [-0.25, -0.2) is 0 Å². The smallest absolute Gasteiger partial charge is 0.0594 e. The van der Waals surface area contributed by atoms with Crippen molar-refractivity contribution in [3.8, 4) is 0 Å². The average Bonchev–Trinajstić information content (AvgIpc) is 2.86. The van der Waals surface area contributed by atoms with Crippen LogP contribution >= 0.6 is 0 Å². The number of aromatic nitrogens is 1. The van der Waals surface area contributed by atoms with Crippen molar-refractivity contribution < 1.29 is 4.74 Å². The number of hydrogen-bond donors (Lipinski definition) is 1. The second kappa shape index (κ2) is 7.56. The van der Waals surface area contributed by atoms with Gasteiger partial charge in [-0.2, -0.15) is 0 Å². The summed E-state index contributed by atoms with van der Waals surface area (Å²) in [6.45, 7) is 10.4. The van der Waals surface area contributed by atoms with E-state index in [4.69, 9.17) is 4.74 Å². The summed E-state index contributed by atoms with van der Waals surface area (Å²) >= 11 is 0. The average molecular weight is 251 g/mol. The molecule has 2 rings (SSSR count). The third-order valence-electron chi connectivity index (χ3n) is 3.42. The lowest BCUT2D eigenvalue weighted by molar-refractivity contribution is 0.0363. The quantitative estimate of drug-likeness (QED) is 0.741. The Morgan fingerprint density at radius 2 is 2.11 bits per heavy atom. The Hall–Kier alpha value is -0.840. The largest absolute Gasteiger partial charge is 0.379 e. The van der Waals surface area contributed by atoms with E-state index in [9.17, 15) is 0 Å². The monoisotopic (exact) mass is 251 g/mol. The summed E-state index contributed by atoms with van der Waals surface area (Å²) in [7, 11) is 0. The minimum Gasteiger partial charge on any atom is -0.379 e. The molecule has 1 aromatic rings. The highest BCUT2D eigenvalue weighted by Crippen LogP contribution is 2.04. The number of nitrogens with zero attached hydrogens (tertiary/aromatic N) is 2. The SMILES string of the molecule is CCCNCc1cccn1CCN1CCOCC1. The van der Waals surface area contributed by atoms with Crippen LogP contribution in [0.25, 0.3) is 0 Å². The molecule has 4 heteroatoms. The van der Waals surface area contributed by atoms with Crippen molar-refractivity contribution in [3.05, 3.63) is 24.0 Å². The van der Waals surface area contributed by atoms with E-state index in [1.807, 2.05) is 0 Å². The fourth-order valence-electron chi connectivity index (χ4n) is 2.30. The second-order valence-electron chi connectivity index (χ2n) is 4.82. The molecule has 2 heterocycles. The first kappa shape index (κ1) is 13.6. The Kier molecular flexibility index (Phi) is 5.71. The summed E-state index contributed by atoms with van der Waals surface area (Å²) in [5.41, 5.74) is 1.39. The Bertz CT molecular complexity index is 332. The van der Waals surface area contributed by atoms with Crippen LogP contribution in [0.15, 0.2) is 18.3 Å². The van der Waals surface area contributed by atoms with Crippen molar-refractivity contribution in [1.82, 2.24) is 14.8 Å². The molecule has 1 aromatic heterocycles. The minimum atomic E-state index is 0.886. The maximum Gasteiger partial charge on any atom is 0.0594 e. The number of nitrogens with one attached hydrogen (secondary N) is 1. The molecule has 1 aliphatic heterocycles. The molecule has 0 radical (unpaired) electrons. The first-order valence-electron chi connectivity index (χ1n) is 7.05. The van der Waals surface area contributed by atoms with E-state index in [0.29, 0.717) is 0 Å². The molecular weight excluding hydrogens is 226 g/mol. The molecule has 0 spiro atoms. The van der Waals surface area contributed by atoms with E-state index in [1.54, 1.807) is 0 Å². The van der Waals surface area contributed by atoms with Crippen molar-refractivity contribution in [1.29, 1.82) is 0 Å². The lowest BCUT2D eigenvalue weighted by Crippen LogP contribution is -2.38. The fourth-order valence-corrected chi connectivity index (χ4v) is 2.30. The van der Waals surface area contributed by atoms with Crippen LogP contribution in [0.2, 0.25) is 0 Å². The van der Waals surface area contributed by atoms with Crippen LogP contribution in [0.1, 0.15) is 19.0 Å². The molecule has 4 nitrogen and oxygen atoms in total. The van der Waals surface area contributed by atoms with E-state index < -0.39 is 0 Å². The summed E-state index contributed by atoms with van der Waals surface area (Å²) in [5, 5.41) is 3.46. The minimum absolute atomic E-state index is 0.886.